The summed E-state index contributed by atoms with van der Waals surface area (Å²) in [6, 6.07) is 5.27. The fourth-order valence-corrected chi connectivity index (χ4v) is 8.63. The lowest BCUT2D eigenvalue weighted by Crippen LogP contribution is -2.40. The predicted molar refractivity (Wildman–Crippen MR) is 168 cm³/mol. The van der Waals surface area contributed by atoms with Crippen LogP contribution in [-0.2, 0) is 33.0 Å². The number of esters is 1. The molecule has 12 nitrogen and oxygen atoms in total. The number of pyridine rings is 1. The van der Waals surface area contributed by atoms with E-state index in [4.69, 9.17) is 32.7 Å². The fraction of sp³-hybridized carbons (Fsp3) is 0.414. The fourth-order valence-electron chi connectivity index (χ4n) is 4.91. The first-order valence-corrected chi connectivity index (χ1v) is 17.5. The number of benzene rings is 1. The maximum Gasteiger partial charge on any atom is 0.387 e. The summed E-state index contributed by atoms with van der Waals surface area (Å²) in [5.74, 6) is -1.09. The van der Waals surface area contributed by atoms with Crippen LogP contribution in [0.4, 0.5) is 8.78 Å². The second-order valence-electron chi connectivity index (χ2n) is 10.9. The molecular formula is C29H30Cl2F2N4O8S2. The summed E-state index contributed by atoms with van der Waals surface area (Å²) in [6.07, 6.45) is 3.93. The van der Waals surface area contributed by atoms with E-state index in [9.17, 15) is 32.0 Å². The van der Waals surface area contributed by atoms with Crippen molar-refractivity contribution in [1.29, 1.82) is 0 Å². The van der Waals surface area contributed by atoms with E-state index >= 15 is 0 Å². The molecule has 5 rings (SSSR count). The molecule has 2 aliphatic rings. The number of amides is 1. The van der Waals surface area contributed by atoms with Crippen molar-refractivity contribution in [2.75, 3.05) is 26.0 Å². The Morgan fingerprint density at radius 3 is 2.51 bits per heavy atom. The van der Waals surface area contributed by atoms with Gasteiger partial charge in [-0.25, -0.2) is 13.2 Å². The molecule has 3 heterocycles. The molecule has 1 aliphatic heterocycles. The Morgan fingerprint density at radius 1 is 1.17 bits per heavy atom. The third-order valence-corrected chi connectivity index (χ3v) is 11.3. The van der Waals surface area contributed by atoms with Crippen LogP contribution in [0.5, 0.6) is 11.5 Å². The van der Waals surface area contributed by atoms with E-state index in [1.807, 2.05) is 0 Å². The van der Waals surface area contributed by atoms with Crippen molar-refractivity contribution in [2.45, 2.75) is 42.2 Å². The first-order valence-electron chi connectivity index (χ1n) is 14.3. The smallest absolute Gasteiger partial charge is 0.387 e. The van der Waals surface area contributed by atoms with E-state index in [2.05, 4.69) is 10.1 Å². The molecule has 1 saturated carbocycles. The molecule has 18 heteroatoms. The number of sulfonamides is 1. The predicted octanol–water partition coefficient (Wildman–Crippen LogP) is 4.31. The Labute approximate surface area is 283 Å². The van der Waals surface area contributed by atoms with Gasteiger partial charge in [-0.15, -0.1) is 11.8 Å². The quantitative estimate of drug-likeness (QED) is 0.154. The highest BCUT2D eigenvalue weighted by Gasteiger charge is 2.43. The number of carbonyl (C=O) groups excluding carboxylic acids is 2. The SMILES string of the molecule is CNC(=O)c1cc(S(=O)(=O)N2CCS[C@@H]2C(=O)O[C@@H](Cc2c(Cl)c[n+]([O-])cc2Cl)c2ccc(OC(F)F)c(OCC3CC3)c2)cn1C. The van der Waals surface area contributed by atoms with Crippen LogP contribution >= 0.6 is 35.0 Å². The van der Waals surface area contributed by atoms with Crippen molar-refractivity contribution < 1.29 is 45.7 Å². The number of nitrogens with one attached hydrogen (secondary N) is 1. The van der Waals surface area contributed by atoms with E-state index in [0.717, 1.165) is 41.3 Å². The van der Waals surface area contributed by atoms with Gasteiger partial charge in [0.2, 0.25) is 10.0 Å². The van der Waals surface area contributed by atoms with E-state index in [0.29, 0.717) is 4.73 Å². The molecule has 2 aromatic heterocycles. The Kier molecular flexibility index (Phi) is 10.8. The molecule has 1 aliphatic carbocycles. The van der Waals surface area contributed by atoms with Crippen molar-refractivity contribution in [3.63, 3.8) is 0 Å². The van der Waals surface area contributed by atoms with Crippen molar-refractivity contribution in [3.05, 3.63) is 74.9 Å². The Bertz CT molecular complexity index is 1750. The van der Waals surface area contributed by atoms with Crippen molar-refractivity contribution in [1.82, 2.24) is 14.2 Å². The monoisotopic (exact) mass is 734 g/mol. The highest BCUT2D eigenvalue weighted by Crippen LogP contribution is 2.39. The summed E-state index contributed by atoms with van der Waals surface area (Å²) >= 11 is 13.7. The summed E-state index contributed by atoms with van der Waals surface area (Å²) < 4.78 is 72.9. The molecule has 0 unspecified atom stereocenters. The minimum Gasteiger partial charge on any atom is -0.619 e. The number of hydrogen-bond acceptors (Lipinski definition) is 9. The minimum absolute atomic E-state index is 0.00570. The third kappa shape index (κ3) is 8.05. The number of nitrogens with zero attached hydrogens (tertiary/aromatic N) is 3. The Hall–Kier alpha value is -3.31. The molecule has 254 valence electrons. The molecule has 3 aromatic rings. The molecule has 2 fully saturated rings. The number of halogens is 4. The summed E-state index contributed by atoms with van der Waals surface area (Å²) in [7, 11) is -1.33. The Morgan fingerprint density at radius 2 is 1.87 bits per heavy atom. The van der Waals surface area contributed by atoms with Gasteiger partial charge in [-0.05, 0) is 42.5 Å². The molecular weight excluding hydrogens is 705 g/mol. The highest BCUT2D eigenvalue weighted by atomic mass is 35.5. The van der Waals surface area contributed by atoms with Gasteiger partial charge in [-0.3, -0.25) is 4.79 Å². The van der Waals surface area contributed by atoms with Crippen LogP contribution in [0.15, 0.2) is 47.8 Å². The lowest BCUT2D eigenvalue weighted by Gasteiger charge is -2.25. The standard InChI is InChI=1S/C29H30Cl2F2N4O8S2/c1-34-26(38)22-10-18(12-35(22)2)47(41,42)37-7-8-46-27(37)28(39)44-24(11-19-20(30)13-36(40)14-21(19)31)17-5-6-23(45-29(32)33)25(9-17)43-15-16-3-4-16/h5-6,9-10,12-14,16,24,27,29H,3-4,7-8,11,15H2,1-2H3,(H,34,38)/t24-,27+/m0/s1. The molecule has 0 radical (unpaired) electrons. The van der Waals surface area contributed by atoms with Crippen LogP contribution in [-0.4, -0.2) is 67.1 Å². The number of alkyl halides is 2. The van der Waals surface area contributed by atoms with Gasteiger partial charge in [0.1, 0.15) is 26.7 Å². The van der Waals surface area contributed by atoms with Gasteiger partial charge >= 0.3 is 12.6 Å². The van der Waals surface area contributed by atoms with Crippen LogP contribution in [0.3, 0.4) is 0 Å². The van der Waals surface area contributed by atoms with Gasteiger partial charge < -0.3 is 29.3 Å². The summed E-state index contributed by atoms with van der Waals surface area (Å²) in [5.41, 5.74) is 0.640. The minimum atomic E-state index is -4.26. The number of aryl methyl sites for hydroxylation is 1. The molecule has 1 saturated heterocycles. The normalized spacial score (nSPS) is 17.5. The van der Waals surface area contributed by atoms with Crippen LogP contribution in [0.1, 0.15) is 40.6 Å². The van der Waals surface area contributed by atoms with Crippen LogP contribution in [0.2, 0.25) is 10.0 Å². The van der Waals surface area contributed by atoms with Crippen molar-refractivity contribution in [2.24, 2.45) is 13.0 Å². The zero-order valence-electron chi connectivity index (χ0n) is 25.0. The van der Waals surface area contributed by atoms with E-state index in [1.54, 1.807) is 0 Å². The zero-order chi connectivity index (χ0) is 34.0. The van der Waals surface area contributed by atoms with Crippen LogP contribution in [0.25, 0.3) is 0 Å². The van der Waals surface area contributed by atoms with Gasteiger partial charge in [0, 0.05) is 44.6 Å². The summed E-state index contributed by atoms with van der Waals surface area (Å²) in [5, 5.41) is 13.0. The molecule has 0 spiro atoms. The van der Waals surface area contributed by atoms with Gasteiger partial charge in [0.05, 0.1) is 6.61 Å². The molecule has 1 aromatic carbocycles. The van der Waals surface area contributed by atoms with Crippen LogP contribution in [0, 0.1) is 11.1 Å². The van der Waals surface area contributed by atoms with E-state index < -0.39 is 40.0 Å². The molecule has 0 bridgehead atoms. The highest BCUT2D eigenvalue weighted by molar-refractivity contribution is 8.02. The first-order chi connectivity index (χ1) is 22.3. The summed E-state index contributed by atoms with van der Waals surface area (Å²) in [6.45, 7) is -2.87. The van der Waals surface area contributed by atoms with E-state index in [1.165, 1.54) is 49.1 Å². The number of carbonyl (C=O) groups is 2. The lowest BCUT2D eigenvalue weighted by molar-refractivity contribution is -0.605. The summed E-state index contributed by atoms with van der Waals surface area (Å²) in [4.78, 5) is 25.8. The van der Waals surface area contributed by atoms with Gasteiger partial charge in [0.15, 0.2) is 29.3 Å². The number of ether oxygens (including phenoxy) is 3. The average molecular weight is 736 g/mol. The molecule has 2 atom stereocenters. The molecule has 47 heavy (non-hydrogen) atoms. The zero-order valence-corrected chi connectivity index (χ0v) is 28.2. The van der Waals surface area contributed by atoms with Crippen molar-refractivity contribution >= 4 is 56.9 Å². The maximum absolute atomic E-state index is 13.8. The topological polar surface area (TPSA) is 143 Å². The van der Waals surface area contributed by atoms with Crippen molar-refractivity contribution in [3.8, 4) is 11.5 Å². The van der Waals surface area contributed by atoms with E-state index in [-0.39, 0.29) is 74.5 Å². The molecule has 1 amide bonds. The van der Waals surface area contributed by atoms with Gasteiger partial charge in [0.25, 0.3) is 5.91 Å². The lowest BCUT2D eigenvalue weighted by atomic mass is 10.0. The van der Waals surface area contributed by atoms with Gasteiger partial charge in [-0.2, -0.15) is 17.8 Å². The maximum atomic E-state index is 13.8. The van der Waals surface area contributed by atoms with Gasteiger partial charge in [-0.1, -0.05) is 29.3 Å². The first kappa shape index (κ1) is 35.0. The largest absolute Gasteiger partial charge is 0.619 e. The molecule has 1 N–H and O–H groups in total. The number of hydrogen-bond donors (Lipinski definition) is 1. The Balaban J connectivity index is 1.47. The number of thioether (sulfide) groups is 1. The number of rotatable bonds is 13. The number of aromatic nitrogens is 2. The second kappa shape index (κ2) is 14.4. The second-order valence-corrected chi connectivity index (χ2v) is 14.7. The third-order valence-electron chi connectivity index (χ3n) is 7.53. The average Bonchev–Trinajstić information content (AvgIpc) is 3.53. The van der Waals surface area contributed by atoms with Crippen LogP contribution < -0.4 is 19.5 Å².